The summed E-state index contributed by atoms with van der Waals surface area (Å²) in [5, 5.41) is 0. The van der Waals surface area contributed by atoms with Gasteiger partial charge < -0.3 is 4.74 Å². The van der Waals surface area contributed by atoms with Crippen molar-refractivity contribution in [3.63, 3.8) is 0 Å². The Hall–Kier alpha value is -2.41. The largest absolute Gasteiger partial charge is 0.365 e. The van der Waals surface area contributed by atoms with Crippen LogP contribution in [0.5, 0.6) is 0 Å². The summed E-state index contributed by atoms with van der Waals surface area (Å²) in [6, 6.07) is 17.7. The number of allylic oxidation sites excluding steroid dienone is 1. The van der Waals surface area contributed by atoms with Gasteiger partial charge >= 0.3 is 0 Å². The van der Waals surface area contributed by atoms with Crippen LogP contribution in [0, 0.1) is 19.3 Å². The summed E-state index contributed by atoms with van der Waals surface area (Å²) in [6.45, 7) is 4.62. The molecule has 0 saturated heterocycles. The molecule has 25 heavy (non-hydrogen) atoms. The summed E-state index contributed by atoms with van der Waals surface area (Å²) >= 11 is 0. The number of ether oxygens (including phenoxy) is 1. The van der Waals surface area contributed by atoms with Crippen LogP contribution >= 0.6 is 0 Å². The number of aryl methyl sites for hydroxylation is 1. The van der Waals surface area contributed by atoms with Gasteiger partial charge in [-0.3, -0.25) is 0 Å². The van der Waals surface area contributed by atoms with Crippen molar-refractivity contribution in [2.75, 3.05) is 13.2 Å². The van der Waals surface area contributed by atoms with Crippen molar-refractivity contribution in [2.45, 2.75) is 18.7 Å². The molecule has 0 aliphatic rings. The molecule has 0 amide bonds. The Labute approximate surface area is 152 Å². The van der Waals surface area contributed by atoms with Crippen molar-refractivity contribution in [1.29, 1.82) is 0 Å². The molecular formula is C22H22O2S. The molecule has 0 radical (unpaired) electrons. The summed E-state index contributed by atoms with van der Waals surface area (Å²) in [4.78, 5) is 1.55. The Balaban J connectivity index is 2.35. The molecule has 128 valence electrons. The third-order valence-electron chi connectivity index (χ3n) is 3.61. The maximum absolute atomic E-state index is 13.1. The van der Waals surface area contributed by atoms with Gasteiger partial charge in [0, 0.05) is 9.80 Å². The van der Waals surface area contributed by atoms with E-state index in [4.69, 9.17) is 11.2 Å². The average Bonchev–Trinajstić information content (AvgIpc) is 2.64. The van der Waals surface area contributed by atoms with E-state index in [0.717, 1.165) is 26.5 Å². The first-order chi connectivity index (χ1) is 12.1. The lowest BCUT2D eigenvalue weighted by atomic mass is 10.1. The lowest BCUT2D eigenvalue weighted by molar-refractivity contribution is 0.199. The van der Waals surface area contributed by atoms with E-state index in [-0.39, 0.29) is 6.61 Å². The Morgan fingerprint density at radius 3 is 2.48 bits per heavy atom. The summed E-state index contributed by atoms with van der Waals surface area (Å²) in [6.07, 6.45) is 9.06. The molecule has 1 atom stereocenters. The summed E-state index contributed by atoms with van der Waals surface area (Å²) in [5.41, 5.74) is 3.07. The fourth-order valence-electron chi connectivity index (χ4n) is 2.21. The van der Waals surface area contributed by atoms with Gasteiger partial charge in [-0.2, -0.15) is 0 Å². The minimum absolute atomic E-state index is 0.266. The Kier molecular flexibility index (Phi) is 7.40. The molecular weight excluding hydrogens is 328 g/mol. The second-order valence-corrected chi connectivity index (χ2v) is 7.06. The van der Waals surface area contributed by atoms with E-state index in [1.807, 2.05) is 80.6 Å². The van der Waals surface area contributed by atoms with Crippen LogP contribution in [-0.2, 0) is 15.5 Å². The van der Waals surface area contributed by atoms with Gasteiger partial charge in [-0.05, 0) is 43.2 Å². The summed E-state index contributed by atoms with van der Waals surface area (Å²) in [7, 11) is -1.27. The molecule has 0 unspecified atom stereocenters. The van der Waals surface area contributed by atoms with E-state index in [1.54, 1.807) is 0 Å². The smallest absolute Gasteiger partial charge is 0.107 e. The van der Waals surface area contributed by atoms with Crippen LogP contribution in [0.2, 0.25) is 0 Å². The first-order valence-corrected chi connectivity index (χ1v) is 9.20. The highest BCUT2D eigenvalue weighted by Crippen LogP contribution is 2.24. The number of rotatable bonds is 7. The van der Waals surface area contributed by atoms with Gasteiger partial charge in [0.1, 0.15) is 6.61 Å². The normalized spacial score (nSPS) is 13.3. The van der Waals surface area contributed by atoms with Gasteiger partial charge in [-0.25, -0.2) is 4.21 Å². The molecule has 2 nitrogen and oxygen atoms in total. The van der Waals surface area contributed by atoms with Crippen LogP contribution in [0.1, 0.15) is 18.1 Å². The minimum Gasteiger partial charge on any atom is -0.365 e. The third-order valence-corrected chi connectivity index (χ3v) is 5.15. The second kappa shape index (κ2) is 9.78. The van der Waals surface area contributed by atoms with E-state index < -0.39 is 10.8 Å². The molecule has 0 N–H and O–H groups in total. The quantitative estimate of drug-likeness (QED) is 0.410. The first-order valence-electron chi connectivity index (χ1n) is 8.05. The molecule has 0 aliphatic carbocycles. The highest BCUT2D eigenvalue weighted by atomic mass is 32.2. The molecule has 2 rings (SSSR count). The van der Waals surface area contributed by atoms with Gasteiger partial charge in [-0.1, -0.05) is 60.0 Å². The molecule has 2 aromatic rings. The van der Waals surface area contributed by atoms with Crippen molar-refractivity contribution in [3.8, 4) is 12.3 Å². The first kappa shape index (κ1) is 18.9. The molecule has 0 saturated carbocycles. The number of hydrogen-bond acceptors (Lipinski definition) is 2. The SMILES string of the molecule is C#CCOC/C=C(C)/C(=C/c1ccccc1)[S@@](=O)c1ccc(C)cc1. The number of hydrogen-bond donors (Lipinski definition) is 0. The highest BCUT2D eigenvalue weighted by molar-refractivity contribution is 7.89. The topological polar surface area (TPSA) is 26.3 Å². The van der Waals surface area contributed by atoms with E-state index in [2.05, 4.69) is 5.92 Å². The zero-order valence-corrected chi connectivity index (χ0v) is 15.4. The molecule has 0 bridgehead atoms. The molecule has 0 aromatic heterocycles. The molecule has 0 spiro atoms. The molecule has 3 heteroatoms. The van der Waals surface area contributed by atoms with Crippen LogP contribution in [0.3, 0.4) is 0 Å². The lowest BCUT2D eigenvalue weighted by Crippen LogP contribution is -2.00. The average molecular weight is 350 g/mol. The van der Waals surface area contributed by atoms with Crippen molar-refractivity contribution in [3.05, 3.63) is 82.3 Å². The predicted molar refractivity (Wildman–Crippen MR) is 105 cm³/mol. The van der Waals surface area contributed by atoms with Crippen molar-refractivity contribution >= 4 is 16.9 Å². The fraction of sp³-hybridized carbons (Fsp3) is 0.182. The number of benzene rings is 2. The van der Waals surface area contributed by atoms with Gasteiger partial charge in [0.2, 0.25) is 0 Å². The molecule has 0 heterocycles. The van der Waals surface area contributed by atoms with Crippen LogP contribution < -0.4 is 0 Å². The van der Waals surface area contributed by atoms with E-state index in [1.165, 1.54) is 0 Å². The van der Waals surface area contributed by atoms with E-state index in [9.17, 15) is 4.21 Å². The second-order valence-electron chi connectivity index (χ2n) is 5.61. The standard InChI is InChI=1S/C22H22O2S/c1-4-15-24-16-14-19(3)22(17-20-8-6-5-7-9-20)25(23)21-12-10-18(2)11-13-21/h1,5-14,17H,15-16H2,2-3H3/b19-14+,22-17-/t25-/m0/s1. The van der Waals surface area contributed by atoms with Crippen LogP contribution in [-0.4, -0.2) is 17.4 Å². The van der Waals surface area contributed by atoms with E-state index >= 15 is 0 Å². The molecule has 0 fully saturated rings. The van der Waals surface area contributed by atoms with Gasteiger partial charge in [0.05, 0.1) is 17.4 Å². The van der Waals surface area contributed by atoms with Crippen molar-refractivity contribution in [1.82, 2.24) is 0 Å². The summed E-state index contributed by atoms with van der Waals surface area (Å²) in [5.74, 6) is 2.44. The van der Waals surface area contributed by atoms with Crippen LogP contribution in [0.15, 0.2) is 76.0 Å². The van der Waals surface area contributed by atoms with Crippen LogP contribution in [0.4, 0.5) is 0 Å². The zero-order valence-electron chi connectivity index (χ0n) is 14.6. The molecule has 0 aliphatic heterocycles. The fourth-order valence-corrected chi connectivity index (χ4v) is 3.46. The monoisotopic (exact) mass is 350 g/mol. The Morgan fingerprint density at radius 1 is 1.16 bits per heavy atom. The lowest BCUT2D eigenvalue weighted by Gasteiger charge is -2.10. The van der Waals surface area contributed by atoms with E-state index in [0.29, 0.717) is 6.61 Å². The Bertz CT molecular complexity index is 809. The van der Waals surface area contributed by atoms with Crippen molar-refractivity contribution < 1.29 is 8.95 Å². The number of terminal acetylenes is 1. The Morgan fingerprint density at radius 2 is 1.84 bits per heavy atom. The highest BCUT2D eigenvalue weighted by Gasteiger charge is 2.12. The van der Waals surface area contributed by atoms with Gasteiger partial charge in [-0.15, -0.1) is 6.42 Å². The van der Waals surface area contributed by atoms with Gasteiger partial charge in [0.25, 0.3) is 0 Å². The van der Waals surface area contributed by atoms with Gasteiger partial charge in [0.15, 0.2) is 0 Å². The maximum Gasteiger partial charge on any atom is 0.107 e. The predicted octanol–water partition coefficient (Wildman–Crippen LogP) is 4.74. The maximum atomic E-state index is 13.1. The minimum atomic E-state index is -1.27. The van der Waals surface area contributed by atoms with Crippen molar-refractivity contribution in [2.24, 2.45) is 0 Å². The van der Waals surface area contributed by atoms with Crippen LogP contribution in [0.25, 0.3) is 6.08 Å². The summed E-state index contributed by atoms with van der Waals surface area (Å²) < 4.78 is 18.4. The zero-order chi connectivity index (χ0) is 18.1. The third kappa shape index (κ3) is 5.86. The molecule has 2 aromatic carbocycles.